The van der Waals surface area contributed by atoms with Gasteiger partial charge in [0.25, 0.3) is 0 Å². The summed E-state index contributed by atoms with van der Waals surface area (Å²) in [5, 5.41) is 2.45. The van der Waals surface area contributed by atoms with Crippen LogP contribution in [0.5, 0.6) is 0 Å². The lowest BCUT2D eigenvalue weighted by Gasteiger charge is -2.10. The van der Waals surface area contributed by atoms with Crippen LogP contribution in [0.2, 0.25) is 10.0 Å². The van der Waals surface area contributed by atoms with E-state index in [0.29, 0.717) is 19.0 Å². The minimum absolute atomic E-state index is 0.213. The van der Waals surface area contributed by atoms with E-state index in [1.807, 2.05) is 13.8 Å². The van der Waals surface area contributed by atoms with Gasteiger partial charge < -0.3 is 5.32 Å². The van der Waals surface area contributed by atoms with Crippen LogP contribution >= 0.6 is 23.2 Å². The standard InChI is InChI=1S/C12H17Cl2FN2O2S/c1-8(2)16-6-3-7-17-20(18,19)10-5-4-9(13)12(15)11(10)14/h4-5,8,16-17H,3,6-7H2,1-2H3. The summed E-state index contributed by atoms with van der Waals surface area (Å²) in [7, 11) is -3.84. The molecule has 0 unspecified atom stereocenters. The van der Waals surface area contributed by atoms with Gasteiger partial charge in [0.05, 0.1) is 10.0 Å². The van der Waals surface area contributed by atoms with Crippen LogP contribution in [0.25, 0.3) is 0 Å². The Morgan fingerprint density at radius 3 is 2.50 bits per heavy atom. The maximum Gasteiger partial charge on any atom is 0.242 e. The van der Waals surface area contributed by atoms with Gasteiger partial charge in [0.1, 0.15) is 4.90 Å². The second-order valence-corrected chi connectivity index (χ2v) is 7.05. The van der Waals surface area contributed by atoms with Crippen LogP contribution < -0.4 is 10.0 Å². The maximum absolute atomic E-state index is 13.5. The molecule has 20 heavy (non-hydrogen) atoms. The van der Waals surface area contributed by atoms with E-state index in [4.69, 9.17) is 23.2 Å². The molecule has 0 saturated carbocycles. The van der Waals surface area contributed by atoms with Gasteiger partial charge in [0.15, 0.2) is 5.82 Å². The van der Waals surface area contributed by atoms with E-state index in [9.17, 15) is 12.8 Å². The topological polar surface area (TPSA) is 58.2 Å². The predicted octanol–water partition coefficient (Wildman–Crippen LogP) is 2.80. The van der Waals surface area contributed by atoms with Crippen molar-refractivity contribution in [3.05, 3.63) is 28.0 Å². The molecule has 1 aromatic rings. The van der Waals surface area contributed by atoms with E-state index < -0.39 is 20.9 Å². The molecular formula is C12H17Cl2FN2O2S. The van der Waals surface area contributed by atoms with Gasteiger partial charge in [-0.2, -0.15) is 0 Å². The van der Waals surface area contributed by atoms with Crippen LogP contribution in [0.3, 0.4) is 0 Å². The molecule has 0 spiro atoms. The lowest BCUT2D eigenvalue weighted by Crippen LogP contribution is -2.30. The van der Waals surface area contributed by atoms with Crippen molar-refractivity contribution in [2.24, 2.45) is 0 Å². The minimum Gasteiger partial charge on any atom is -0.314 e. The summed E-state index contributed by atoms with van der Waals surface area (Å²) in [6.45, 7) is 4.92. The zero-order valence-corrected chi connectivity index (χ0v) is 13.5. The molecule has 0 aliphatic carbocycles. The van der Waals surface area contributed by atoms with Crippen molar-refractivity contribution in [3.8, 4) is 0 Å². The third-order valence-corrected chi connectivity index (χ3v) is 4.76. The number of benzene rings is 1. The summed E-state index contributed by atoms with van der Waals surface area (Å²) in [6, 6.07) is 2.69. The Morgan fingerprint density at radius 2 is 1.90 bits per heavy atom. The van der Waals surface area contributed by atoms with Gasteiger partial charge in [0, 0.05) is 12.6 Å². The first kappa shape index (κ1) is 17.7. The van der Waals surface area contributed by atoms with Gasteiger partial charge in [-0.05, 0) is 25.1 Å². The van der Waals surface area contributed by atoms with Gasteiger partial charge in [-0.1, -0.05) is 37.0 Å². The molecule has 0 saturated heterocycles. The first-order valence-corrected chi connectivity index (χ1v) is 8.36. The van der Waals surface area contributed by atoms with Crippen molar-refractivity contribution in [3.63, 3.8) is 0 Å². The van der Waals surface area contributed by atoms with Crippen LogP contribution in [0.15, 0.2) is 17.0 Å². The number of hydrogen-bond acceptors (Lipinski definition) is 3. The molecule has 0 heterocycles. The third-order valence-electron chi connectivity index (χ3n) is 2.49. The molecule has 0 aromatic heterocycles. The van der Waals surface area contributed by atoms with Gasteiger partial charge >= 0.3 is 0 Å². The molecule has 2 N–H and O–H groups in total. The van der Waals surface area contributed by atoms with Crippen molar-refractivity contribution < 1.29 is 12.8 Å². The van der Waals surface area contributed by atoms with Crippen LogP contribution in [0.1, 0.15) is 20.3 Å². The molecule has 0 aliphatic heterocycles. The van der Waals surface area contributed by atoms with E-state index in [2.05, 4.69) is 10.0 Å². The van der Waals surface area contributed by atoms with E-state index in [1.165, 1.54) is 6.07 Å². The smallest absolute Gasteiger partial charge is 0.242 e. The van der Waals surface area contributed by atoms with Crippen LogP contribution in [0, 0.1) is 5.82 Å². The highest BCUT2D eigenvalue weighted by Gasteiger charge is 2.21. The maximum atomic E-state index is 13.5. The van der Waals surface area contributed by atoms with Gasteiger partial charge in [-0.15, -0.1) is 0 Å². The number of rotatable bonds is 7. The summed E-state index contributed by atoms with van der Waals surface area (Å²) >= 11 is 11.2. The van der Waals surface area contributed by atoms with E-state index >= 15 is 0 Å². The van der Waals surface area contributed by atoms with E-state index in [-0.39, 0.29) is 16.5 Å². The van der Waals surface area contributed by atoms with Crippen molar-refractivity contribution >= 4 is 33.2 Å². The van der Waals surface area contributed by atoms with Crippen LogP contribution in [0.4, 0.5) is 4.39 Å². The highest BCUT2D eigenvalue weighted by atomic mass is 35.5. The Kier molecular flexibility index (Phi) is 6.68. The number of hydrogen-bond donors (Lipinski definition) is 2. The zero-order chi connectivity index (χ0) is 15.3. The Hall–Kier alpha value is -0.400. The molecule has 0 fully saturated rings. The predicted molar refractivity (Wildman–Crippen MR) is 79.4 cm³/mol. The Labute approximate surface area is 128 Å². The molecule has 0 radical (unpaired) electrons. The van der Waals surface area contributed by atoms with Gasteiger partial charge in [-0.3, -0.25) is 0 Å². The molecule has 1 aromatic carbocycles. The monoisotopic (exact) mass is 342 g/mol. The number of nitrogens with one attached hydrogen (secondary N) is 2. The molecule has 0 atom stereocenters. The Bertz CT molecular complexity index is 565. The van der Waals surface area contributed by atoms with Gasteiger partial charge in [-0.25, -0.2) is 17.5 Å². The second kappa shape index (κ2) is 7.56. The number of halogens is 3. The highest BCUT2D eigenvalue weighted by Crippen LogP contribution is 2.29. The molecule has 1 rings (SSSR count). The molecule has 8 heteroatoms. The normalized spacial score (nSPS) is 12.1. The summed E-state index contributed by atoms with van der Waals surface area (Å²) in [5.74, 6) is -0.933. The quantitative estimate of drug-likeness (QED) is 0.591. The molecular weight excluding hydrogens is 326 g/mol. The Balaban J connectivity index is 2.68. The molecule has 0 bridgehead atoms. The average molecular weight is 343 g/mol. The SMILES string of the molecule is CC(C)NCCCNS(=O)(=O)c1ccc(Cl)c(F)c1Cl. The number of sulfonamides is 1. The fourth-order valence-electron chi connectivity index (χ4n) is 1.48. The zero-order valence-electron chi connectivity index (χ0n) is 11.2. The molecule has 4 nitrogen and oxygen atoms in total. The second-order valence-electron chi connectivity index (χ2n) is 4.53. The molecule has 114 valence electrons. The van der Waals surface area contributed by atoms with Crippen molar-refractivity contribution in [1.82, 2.24) is 10.0 Å². The summed E-state index contributed by atoms with van der Waals surface area (Å²) < 4.78 is 39.8. The molecule has 0 aliphatic rings. The molecule has 0 amide bonds. The van der Waals surface area contributed by atoms with Crippen molar-refractivity contribution in [2.45, 2.75) is 31.2 Å². The summed E-state index contributed by atoms with van der Waals surface area (Å²) in [5.41, 5.74) is 0. The first-order valence-electron chi connectivity index (χ1n) is 6.12. The fourth-order valence-corrected chi connectivity index (χ4v) is 3.30. The lowest BCUT2D eigenvalue weighted by molar-refractivity contribution is 0.553. The average Bonchev–Trinajstić information content (AvgIpc) is 2.34. The summed E-state index contributed by atoms with van der Waals surface area (Å²) in [4.78, 5) is -0.308. The Morgan fingerprint density at radius 1 is 1.25 bits per heavy atom. The lowest BCUT2D eigenvalue weighted by atomic mass is 10.3. The summed E-state index contributed by atoms with van der Waals surface area (Å²) in [6.07, 6.45) is 0.616. The third kappa shape index (κ3) is 4.86. The van der Waals surface area contributed by atoms with E-state index in [1.54, 1.807) is 0 Å². The fraction of sp³-hybridized carbons (Fsp3) is 0.500. The first-order chi connectivity index (χ1) is 9.25. The van der Waals surface area contributed by atoms with Crippen molar-refractivity contribution in [2.75, 3.05) is 13.1 Å². The van der Waals surface area contributed by atoms with Crippen molar-refractivity contribution in [1.29, 1.82) is 0 Å². The minimum atomic E-state index is -3.84. The van der Waals surface area contributed by atoms with E-state index in [0.717, 1.165) is 6.07 Å². The van der Waals surface area contributed by atoms with Crippen LogP contribution in [-0.2, 0) is 10.0 Å². The highest BCUT2D eigenvalue weighted by molar-refractivity contribution is 7.89. The van der Waals surface area contributed by atoms with Gasteiger partial charge in [0.2, 0.25) is 10.0 Å². The largest absolute Gasteiger partial charge is 0.314 e. The van der Waals surface area contributed by atoms with Crippen LogP contribution in [-0.4, -0.2) is 27.5 Å².